The Morgan fingerprint density at radius 2 is 1.50 bits per heavy atom. The van der Waals surface area contributed by atoms with Crippen LogP contribution in [0.1, 0.15) is 17.0 Å². The molecular weight excluding hydrogens is 376 g/mol. The fraction of sp³-hybridized carbons (Fsp3) is 0.136. The number of benzene rings is 3. The maximum Gasteiger partial charge on any atom is 0.331 e. The summed E-state index contributed by atoms with van der Waals surface area (Å²) in [7, 11) is -2.50. The zero-order chi connectivity index (χ0) is 19.7. The van der Waals surface area contributed by atoms with Gasteiger partial charge in [-0.05, 0) is 35.9 Å². The van der Waals surface area contributed by atoms with E-state index in [0.717, 1.165) is 5.56 Å². The van der Waals surface area contributed by atoms with Crippen molar-refractivity contribution in [1.82, 2.24) is 0 Å². The lowest BCUT2D eigenvalue weighted by atomic mass is 9.86. The van der Waals surface area contributed by atoms with Crippen LogP contribution >= 0.6 is 0 Å². The molecule has 1 aliphatic rings. The van der Waals surface area contributed by atoms with Gasteiger partial charge in [-0.25, -0.2) is 8.42 Å². The van der Waals surface area contributed by atoms with E-state index >= 15 is 0 Å². The predicted molar refractivity (Wildman–Crippen MR) is 104 cm³/mol. The molecule has 28 heavy (non-hydrogen) atoms. The average Bonchev–Trinajstić information content (AvgIpc) is 2.73. The first-order valence-electron chi connectivity index (χ1n) is 8.76. The number of hydrogen-bond acceptors (Lipinski definition) is 5. The summed E-state index contributed by atoms with van der Waals surface area (Å²) in [5.74, 6) is -0.508. The number of carbonyl (C=O) groups is 1. The number of para-hydroxylation sites is 1. The Hall–Kier alpha value is -3.12. The number of fused-ring (bicyclic) bond motifs is 1. The molecule has 1 heterocycles. The molecule has 5 nitrogen and oxygen atoms in total. The summed E-state index contributed by atoms with van der Waals surface area (Å²) in [6, 6.07) is 22.2. The molecule has 0 bridgehead atoms. The van der Waals surface area contributed by atoms with Gasteiger partial charge in [-0.3, -0.25) is 4.79 Å². The lowest BCUT2D eigenvalue weighted by Crippen LogP contribution is -2.42. The van der Waals surface area contributed by atoms with Crippen LogP contribution in [0.2, 0.25) is 0 Å². The van der Waals surface area contributed by atoms with Gasteiger partial charge in [0, 0.05) is 11.5 Å². The van der Waals surface area contributed by atoms with Crippen LogP contribution in [0.15, 0.2) is 83.8 Å². The van der Waals surface area contributed by atoms with E-state index in [4.69, 9.17) is 9.47 Å². The van der Waals surface area contributed by atoms with Gasteiger partial charge >= 0.3 is 5.97 Å². The Bertz CT molecular complexity index is 1110. The van der Waals surface area contributed by atoms with Crippen molar-refractivity contribution in [3.8, 4) is 11.5 Å². The fourth-order valence-electron chi connectivity index (χ4n) is 3.53. The summed E-state index contributed by atoms with van der Waals surface area (Å²) in [4.78, 5) is 12.9. The summed E-state index contributed by atoms with van der Waals surface area (Å²) in [5.41, 5.74) is 1.42. The van der Waals surface area contributed by atoms with Crippen LogP contribution in [0.5, 0.6) is 11.5 Å². The van der Waals surface area contributed by atoms with Crippen molar-refractivity contribution in [2.75, 3.05) is 7.11 Å². The van der Waals surface area contributed by atoms with Crippen LogP contribution in [0.4, 0.5) is 0 Å². The molecule has 2 atom stereocenters. The highest BCUT2D eigenvalue weighted by Crippen LogP contribution is 2.43. The van der Waals surface area contributed by atoms with Crippen LogP contribution in [0.3, 0.4) is 0 Å². The SMILES string of the molecule is COc1ccc(S(=O)(=O)C2C(=O)Oc3ccccc3C2c2ccccc2)cc1. The molecular formula is C22H18O5S. The zero-order valence-corrected chi connectivity index (χ0v) is 15.9. The number of hydrogen-bond donors (Lipinski definition) is 0. The smallest absolute Gasteiger partial charge is 0.331 e. The third kappa shape index (κ3) is 3.05. The molecule has 0 aromatic heterocycles. The molecule has 0 radical (unpaired) electrons. The second-order valence-electron chi connectivity index (χ2n) is 6.49. The summed E-state index contributed by atoms with van der Waals surface area (Å²) in [5, 5.41) is -1.38. The van der Waals surface area contributed by atoms with Crippen molar-refractivity contribution in [3.05, 3.63) is 90.0 Å². The second-order valence-corrected chi connectivity index (χ2v) is 8.56. The van der Waals surface area contributed by atoms with E-state index in [1.165, 1.54) is 19.2 Å². The first kappa shape index (κ1) is 18.3. The van der Waals surface area contributed by atoms with Gasteiger partial charge in [0.15, 0.2) is 15.1 Å². The Morgan fingerprint density at radius 3 is 2.18 bits per heavy atom. The molecule has 4 rings (SSSR count). The monoisotopic (exact) mass is 394 g/mol. The van der Waals surface area contributed by atoms with Gasteiger partial charge in [-0.2, -0.15) is 0 Å². The molecule has 2 unspecified atom stereocenters. The van der Waals surface area contributed by atoms with Crippen molar-refractivity contribution in [2.24, 2.45) is 0 Å². The Kier molecular flexibility index (Phi) is 4.65. The van der Waals surface area contributed by atoms with E-state index < -0.39 is 27.0 Å². The topological polar surface area (TPSA) is 69.7 Å². The minimum Gasteiger partial charge on any atom is -0.497 e. The molecule has 0 spiro atoms. The van der Waals surface area contributed by atoms with E-state index in [1.807, 2.05) is 36.4 Å². The minimum absolute atomic E-state index is 0.0514. The summed E-state index contributed by atoms with van der Waals surface area (Å²) in [6.45, 7) is 0. The van der Waals surface area contributed by atoms with Crippen molar-refractivity contribution in [2.45, 2.75) is 16.1 Å². The number of esters is 1. The first-order chi connectivity index (χ1) is 13.5. The minimum atomic E-state index is -4.01. The van der Waals surface area contributed by atoms with E-state index in [9.17, 15) is 13.2 Å². The van der Waals surface area contributed by atoms with E-state index in [-0.39, 0.29) is 4.90 Å². The number of carbonyl (C=O) groups excluding carboxylic acids is 1. The highest BCUT2D eigenvalue weighted by molar-refractivity contribution is 7.92. The van der Waals surface area contributed by atoms with Crippen molar-refractivity contribution >= 4 is 15.8 Å². The molecule has 6 heteroatoms. The van der Waals surface area contributed by atoms with Gasteiger partial charge in [0.25, 0.3) is 0 Å². The average molecular weight is 394 g/mol. The second kappa shape index (κ2) is 7.13. The van der Waals surface area contributed by atoms with Crippen molar-refractivity contribution in [1.29, 1.82) is 0 Å². The Labute approximate surface area is 163 Å². The molecule has 1 aliphatic heterocycles. The van der Waals surface area contributed by atoms with E-state index in [1.54, 1.807) is 30.3 Å². The number of methoxy groups -OCH3 is 1. The maximum atomic E-state index is 13.4. The highest BCUT2D eigenvalue weighted by Gasteiger charge is 2.47. The van der Waals surface area contributed by atoms with Gasteiger partial charge < -0.3 is 9.47 Å². The summed E-state index contributed by atoms with van der Waals surface area (Å²) in [6.07, 6.45) is 0. The molecule has 0 saturated carbocycles. The van der Waals surface area contributed by atoms with Crippen molar-refractivity contribution < 1.29 is 22.7 Å². The van der Waals surface area contributed by atoms with Crippen LogP contribution in [-0.2, 0) is 14.6 Å². The molecule has 142 valence electrons. The predicted octanol–water partition coefficient (Wildman–Crippen LogP) is 3.59. The van der Waals surface area contributed by atoms with Gasteiger partial charge in [-0.15, -0.1) is 0 Å². The molecule has 0 aliphatic carbocycles. The fourth-order valence-corrected chi connectivity index (χ4v) is 5.30. The largest absolute Gasteiger partial charge is 0.497 e. The maximum absolute atomic E-state index is 13.4. The lowest BCUT2D eigenvalue weighted by molar-refractivity contribution is -0.135. The zero-order valence-electron chi connectivity index (χ0n) is 15.1. The molecule has 0 amide bonds. The van der Waals surface area contributed by atoms with Gasteiger partial charge in [0.05, 0.1) is 12.0 Å². The molecule has 0 saturated heterocycles. The summed E-state index contributed by atoms with van der Waals surface area (Å²) >= 11 is 0. The first-order valence-corrected chi connectivity index (χ1v) is 10.3. The van der Waals surface area contributed by atoms with Gasteiger partial charge in [0.1, 0.15) is 11.5 Å². The van der Waals surface area contributed by atoms with Crippen LogP contribution in [0, 0.1) is 0 Å². The third-order valence-electron chi connectivity index (χ3n) is 4.88. The number of sulfone groups is 1. The lowest BCUT2D eigenvalue weighted by Gasteiger charge is -2.32. The molecule has 0 fully saturated rings. The number of ether oxygens (including phenoxy) is 2. The van der Waals surface area contributed by atoms with E-state index in [2.05, 4.69) is 0 Å². The quantitative estimate of drug-likeness (QED) is 0.500. The normalized spacial score (nSPS) is 18.8. The van der Waals surface area contributed by atoms with Crippen LogP contribution in [-0.4, -0.2) is 26.7 Å². The van der Waals surface area contributed by atoms with Gasteiger partial charge in [-0.1, -0.05) is 48.5 Å². The highest BCUT2D eigenvalue weighted by atomic mass is 32.2. The third-order valence-corrected chi connectivity index (χ3v) is 6.94. The standard InChI is InChI=1S/C22H18O5S/c1-26-16-11-13-17(14-12-16)28(24,25)21-20(15-7-3-2-4-8-15)18-9-5-6-10-19(18)27-22(21)23/h2-14,20-21H,1H3. The summed E-state index contributed by atoms with van der Waals surface area (Å²) < 4.78 is 37.4. The molecule has 3 aromatic carbocycles. The van der Waals surface area contributed by atoms with Crippen LogP contribution < -0.4 is 9.47 Å². The number of rotatable bonds is 4. The van der Waals surface area contributed by atoms with Gasteiger partial charge in [0.2, 0.25) is 0 Å². The molecule has 3 aromatic rings. The Morgan fingerprint density at radius 1 is 0.857 bits per heavy atom. The van der Waals surface area contributed by atoms with Crippen LogP contribution in [0.25, 0.3) is 0 Å². The van der Waals surface area contributed by atoms with E-state index in [0.29, 0.717) is 17.1 Å². The Balaban J connectivity index is 1.89. The molecule has 0 N–H and O–H groups in total. The van der Waals surface area contributed by atoms with Crippen molar-refractivity contribution in [3.63, 3.8) is 0 Å².